The second-order valence-corrected chi connectivity index (χ2v) is 10.0. The highest BCUT2D eigenvalue weighted by Gasteiger charge is 2.39. The third-order valence-electron chi connectivity index (χ3n) is 5.93. The number of hydrogen-bond acceptors (Lipinski definition) is 4. The molecule has 35 heavy (non-hydrogen) atoms. The van der Waals surface area contributed by atoms with E-state index in [-0.39, 0.29) is 25.6 Å². The molecular weight excluding hydrogens is 443 g/mol. The molecule has 6 nitrogen and oxygen atoms in total. The van der Waals surface area contributed by atoms with Gasteiger partial charge in [-0.25, -0.2) is 9.37 Å². The summed E-state index contributed by atoms with van der Waals surface area (Å²) in [5.41, 5.74) is 9.23. The summed E-state index contributed by atoms with van der Waals surface area (Å²) in [4.78, 5) is 19.8. The summed E-state index contributed by atoms with van der Waals surface area (Å²) in [5, 5.41) is 0. The number of methoxy groups -OCH3 is 1. The SMILES string of the molecule is COCC(=O)N(C[C@@H](F)CN)[C@@H](c1nc(-c2ccccc2)cn1Cc1cccc(C)c1)C(C)(C)C. The van der Waals surface area contributed by atoms with Crippen LogP contribution in [0.3, 0.4) is 0 Å². The molecule has 7 heteroatoms. The molecule has 3 aromatic rings. The lowest BCUT2D eigenvalue weighted by atomic mass is 9.84. The van der Waals surface area contributed by atoms with Crippen molar-refractivity contribution in [2.75, 3.05) is 26.8 Å². The number of halogens is 1. The Kier molecular flexibility index (Phi) is 8.81. The van der Waals surface area contributed by atoms with E-state index in [1.807, 2.05) is 63.4 Å². The molecular formula is C28H37FN4O2. The lowest BCUT2D eigenvalue weighted by Gasteiger charge is -2.40. The molecule has 1 aromatic heterocycles. The third kappa shape index (κ3) is 6.77. The van der Waals surface area contributed by atoms with Crippen LogP contribution in [0.1, 0.15) is 43.8 Å². The molecule has 2 atom stereocenters. The lowest BCUT2D eigenvalue weighted by Crippen LogP contribution is -2.47. The van der Waals surface area contributed by atoms with Crippen LogP contribution in [0.4, 0.5) is 4.39 Å². The molecule has 0 saturated heterocycles. The summed E-state index contributed by atoms with van der Waals surface area (Å²) in [5.74, 6) is 0.404. The van der Waals surface area contributed by atoms with Gasteiger partial charge < -0.3 is 19.9 Å². The van der Waals surface area contributed by atoms with Crippen molar-refractivity contribution < 1.29 is 13.9 Å². The maximum atomic E-state index is 14.6. The number of amides is 1. The highest BCUT2D eigenvalue weighted by atomic mass is 19.1. The van der Waals surface area contributed by atoms with Crippen LogP contribution >= 0.6 is 0 Å². The Morgan fingerprint density at radius 1 is 1.17 bits per heavy atom. The number of imidazole rings is 1. The monoisotopic (exact) mass is 480 g/mol. The van der Waals surface area contributed by atoms with Gasteiger partial charge in [-0.2, -0.15) is 0 Å². The number of aromatic nitrogens is 2. The molecule has 2 N–H and O–H groups in total. The maximum Gasteiger partial charge on any atom is 0.249 e. The smallest absolute Gasteiger partial charge is 0.249 e. The van der Waals surface area contributed by atoms with Crippen molar-refractivity contribution in [3.63, 3.8) is 0 Å². The van der Waals surface area contributed by atoms with E-state index in [1.54, 1.807) is 4.90 Å². The summed E-state index contributed by atoms with van der Waals surface area (Å²) in [6.07, 6.45) is 0.662. The first-order valence-electron chi connectivity index (χ1n) is 11.9. The number of hydrogen-bond donors (Lipinski definition) is 1. The standard InChI is InChI=1S/C28H37FN4O2/c1-20-10-9-11-21(14-20)16-32-18-24(22-12-7-6-8-13-22)31-27(32)26(28(2,3)4)33(17-23(29)15-30)25(34)19-35-5/h6-14,18,23,26H,15-17,19,30H2,1-5H3/t23-,26-/m0/s1. The molecule has 0 radical (unpaired) electrons. The molecule has 0 aliphatic rings. The number of benzene rings is 2. The number of nitrogens with two attached hydrogens (primary N) is 1. The van der Waals surface area contributed by atoms with Gasteiger partial charge in [-0.1, -0.05) is 80.9 Å². The molecule has 0 fully saturated rings. The van der Waals surface area contributed by atoms with Crippen LogP contribution in [-0.4, -0.2) is 53.3 Å². The number of nitrogens with zero attached hydrogens (tertiary/aromatic N) is 3. The zero-order valence-electron chi connectivity index (χ0n) is 21.4. The van der Waals surface area contributed by atoms with Gasteiger partial charge in [-0.3, -0.25) is 4.79 Å². The Labute approximate surface area is 207 Å². The molecule has 0 unspecified atom stereocenters. The molecule has 0 spiro atoms. The lowest BCUT2D eigenvalue weighted by molar-refractivity contribution is -0.141. The zero-order chi connectivity index (χ0) is 25.6. The predicted octanol–water partition coefficient (Wildman–Crippen LogP) is 4.77. The normalized spacial score (nSPS) is 13.5. The molecule has 0 saturated carbocycles. The van der Waals surface area contributed by atoms with Gasteiger partial charge in [-0.05, 0) is 17.9 Å². The van der Waals surface area contributed by atoms with Gasteiger partial charge in [0.25, 0.3) is 0 Å². The van der Waals surface area contributed by atoms with Crippen molar-refractivity contribution in [2.45, 2.75) is 46.5 Å². The number of carbonyl (C=O) groups excluding carboxylic acids is 1. The average Bonchev–Trinajstić information content (AvgIpc) is 3.21. The van der Waals surface area contributed by atoms with Crippen molar-refractivity contribution in [1.82, 2.24) is 14.5 Å². The first kappa shape index (κ1) is 26.6. The zero-order valence-corrected chi connectivity index (χ0v) is 21.4. The van der Waals surface area contributed by atoms with Gasteiger partial charge in [0.05, 0.1) is 18.3 Å². The van der Waals surface area contributed by atoms with Crippen molar-refractivity contribution in [1.29, 1.82) is 0 Å². The van der Waals surface area contributed by atoms with E-state index in [4.69, 9.17) is 15.5 Å². The number of aryl methyl sites for hydroxylation is 1. The molecule has 0 bridgehead atoms. The molecule has 0 aliphatic carbocycles. The van der Waals surface area contributed by atoms with Crippen LogP contribution in [0, 0.1) is 12.3 Å². The van der Waals surface area contributed by atoms with Gasteiger partial charge in [0, 0.05) is 32.0 Å². The predicted molar refractivity (Wildman–Crippen MR) is 138 cm³/mol. The molecule has 2 aromatic carbocycles. The van der Waals surface area contributed by atoms with Crippen LogP contribution in [-0.2, 0) is 16.1 Å². The van der Waals surface area contributed by atoms with E-state index in [9.17, 15) is 9.18 Å². The molecule has 3 rings (SSSR count). The largest absolute Gasteiger partial charge is 0.375 e. The molecule has 0 aliphatic heterocycles. The molecule has 188 valence electrons. The quantitative estimate of drug-likeness (QED) is 0.454. The number of ether oxygens (including phenoxy) is 1. The minimum absolute atomic E-state index is 0.126. The first-order valence-corrected chi connectivity index (χ1v) is 11.9. The van der Waals surface area contributed by atoms with E-state index >= 15 is 0 Å². The van der Waals surface area contributed by atoms with Crippen molar-refractivity contribution in [2.24, 2.45) is 11.1 Å². The fourth-order valence-electron chi connectivity index (χ4n) is 4.37. The second kappa shape index (κ2) is 11.6. The topological polar surface area (TPSA) is 73.4 Å². The van der Waals surface area contributed by atoms with E-state index in [2.05, 4.69) is 29.7 Å². The van der Waals surface area contributed by atoms with Gasteiger partial charge in [0.1, 0.15) is 18.6 Å². The highest BCUT2D eigenvalue weighted by molar-refractivity contribution is 5.78. The minimum atomic E-state index is -1.35. The van der Waals surface area contributed by atoms with Gasteiger partial charge in [-0.15, -0.1) is 0 Å². The average molecular weight is 481 g/mol. The van der Waals surface area contributed by atoms with E-state index in [0.29, 0.717) is 12.4 Å². The minimum Gasteiger partial charge on any atom is -0.375 e. The van der Waals surface area contributed by atoms with Gasteiger partial charge in [0.2, 0.25) is 5.91 Å². The summed E-state index contributed by atoms with van der Waals surface area (Å²) < 4.78 is 21.8. The Bertz CT molecular complexity index is 1110. The Morgan fingerprint density at radius 2 is 1.89 bits per heavy atom. The van der Waals surface area contributed by atoms with Crippen LogP contribution in [0.15, 0.2) is 60.8 Å². The molecule has 1 amide bonds. The van der Waals surface area contributed by atoms with E-state index in [1.165, 1.54) is 12.7 Å². The Morgan fingerprint density at radius 3 is 2.49 bits per heavy atom. The fraction of sp³-hybridized carbons (Fsp3) is 0.429. The van der Waals surface area contributed by atoms with Crippen LogP contribution < -0.4 is 5.73 Å². The highest BCUT2D eigenvalue weighted by Crippen LogP contribution is 2.39. The van der Waals surface area contributed by atoms with E-state index < -0.39 is 17.6 Å². The number of rotatable bonds is 10. The third-order valence-corrected chi connectivity index (χ3v) is 5.93. The summed E-state index contributed by atoms with van der Waals surface area (Å²) >= 11 is 0. The fourth-order valence-corrected chi connectivity index (χ4v) is 4.37. The number of alkyl halides is 1. The number of carbonyl (C=O) groups is 1. The summed E-state index contributed by atoms with van der Waals surface area (Å²) in [6, 6.07) is 17.7. The van der Waals surface area contributed by atoms with Crippen LogP contribution in [0.5, 0.6) is 0 Å². The summed E-state index contributed by atoms with van der Waals surface area (Å²) in [6.45, 7) is 8.31. The van der Waals surface area contributed by atoms with Gasteiger partial charge >= 0.3 is 0 Å². The molecule has 1 heterocycles. The van der Waals surface area contributed by atoms with Crippen LogP contribution in [0.25, 0.3) is 11.3 Å². The van der Waals surface area contributed by atoms with Gasteiger partial charge in [0.15, 0.2) is 0 Å². The summed E-state index contributed by atoms with van der Waals surface area (Å²) in [7, 11) is 1.46. The van der Waals surface area contributed by atoms with E-state index in [0.717, 1.165) is 16.8 Å². The maximum absolute atomic E-state index is 14.6. The first-order chi connectivity index (χ1) is 16.6. The van der Waals surface area contributed by atoms with Crippen molar-refractivity contribution in [3.8, 4) is 11.3 Å². The van der Waals surface area contributed by atoms with Crippen molar-refractivity contribution >= 4 is 5.91 Å². The van der Waals surface area contributed by atoms with Crippen LogP contribution in [0.2, 0.25) is 0 Å². The van der Waals surface area contributed by atoms with Crippen molar-refractivity contribution in [3.05, 3.63) is 77.7 Å². The second-order valence-electron chi connectivity index (χ2n) is 10.0. The Hall–Kier alpha value is -3.03. The Balaban J connectivity index is 2.17.